The topological polar surface area (TPSA) is 52.6 Å². The number of aliphatic carboxylic acids is 1. The molecule has 1 unspecified atom stereocenters. The van der Waals surface area contributed by atoms with Gasteiger partial charge >= 0.3 is 5.97 Å². The Balaban J connectivity index is 2.52. The number of carboxylic acids is 1. The smallest absolute Gasteiger partial charge is 0.328 e. The van der Waals surface area contributed by atoms with Gasteiger partial charge in [0.05, 0.1) is 0 Å². The van der Waals surface area contributed by atoms with E-state index in [4.69, 9.17) is 0 Å². The summed E-state index contributed by atoms with van der Waals surface area (Å²) < 4.78 is 27.9. The average molecular weight is 284 g/mol. The first-order valence-electron chi connectivity index (χ1n) is 6.52. The lowest BCUT2D eigenvalue weighted by atomic mass is 9.88. The van der Waals surface area contributed by atoms with Crippen molar-refractivity contribution in [3.8, 4) is 0 Å². The SMILES string of the molecule is Cc1cc(F)c(C(C)(C(=O)O)N2CCNCC2)cc1F. The summed E-state index contributed by atoms with van der Waals surface area (Å²) in [6.07, 6.45) is 0. The van der Waals surface area contributed by atoms with Crippen LogP contribution in [0.15, 0.2) is 12.1 Å². The molecular formula is C14H18F2N2O2. The molecule has 110 valence electrons. The minimum Gasteiger partial charge on any atom is -0.480 e. The van der Waals surface area contributed by atoms with Crippen LogP contribution in [-0.4, -0.2) is 42.2 Å². The largest absolute Gasteiger partial charge is 0.480 e. The van der Waals surface area contributed by atoms with Gasteiger partial charge in [-0.25, -0.2) is 13.6 Å². The Labute approximate surface area is 116 Å². The van der Waals surface area contributed by atoms with Crippen LogP contribution in [0.25, 0.3) is 0 Å². The van der Waals surface area contributed by atoms with Gasteiger partial charge in [-0.05, 0) is 31.5 Å². The minimum atomic E-state index is -1.57. The molecule has 0 aromatic heterocycles. The molecule has 0 spiro atoms. The number of aryl methyl sites for hydroxylation is 1. The summed E-state index contributed by atoms with van der Waals surface area (Å²) in [6, 6.07) is 2.05. The molecule has 1 atom stereocenters. The first kappa shape index (κ1) is 14.9. The molecule has 0 radical (unpaired) electrons. The molecule has 1 aliphatic rings. The van der Waals surface area contributed by atoms with Crippen LogP contribution in [0.3, 0.4) is 0 Å². The van der Waals surface area contributed by atoms with Crippen molar-refractivity contribution < 1.29 is 18.7 Å². The van der Waals surface area contributed by atoms with Crippen molar-refractivity contribution >= 4 is 5.97 Å². The molecule has 1 fully saturated rings. The highest BCUT2D eigenvalue weighted by Crippen LogP contribution is 2.32. The molecule has 20 heavy (non-hydrogen) atoms. The second kappa shape index (κ2) is 5.46. The first-order valence-corrected chi connectivity index (χ1v) is 6.52. The molecule has 4 nitrogen and oxygen atoms in total. The van der Waals surface area contributed by atoms with Gasteiger partial charge in [-0.3, -0.25) is 4.90 Å². The van der Waals surface area contributed by atoms with E-state index in [2.05, 4.69) is 5.32 Å². The Morgan fingerprint density at radius 3 is 2.45 bits per heavy atom. The number of rotatable bonds is 3. The molecular weight excluding hydrogens is 266 g/mol. The third kappa shape index (κ3) is 2.41. The van der Waals surface area contributed by atoms with E-state index in [9.17, 15) is 18.7 Å². The zero-order chi connectivity index (χ0) is 14.9. The molecule has 2 N–H and O–H groups in total. The lowest BCUT2D eigenvalue weighted by molar-refractivity contribution is -0.152. The van der Waals surface area contributed by atoms with Crippen LogP contribution in [0, 0.1) is 18.6 Å². The average Bonchev–Trinajstić information content (AvgIpc) is 2.42. The van der Waals surface area contributed by atoms with Crippen LogP contribution in [0.2, 0.25) is 0 Å². The molecule has 1 heterocycles. The lowest BCUT2D eigenvalue weighted by Gasteiger charge is -2.40. The lowest BCUT2D eigenvalue weighted by Crippen LogP contribution is -2.57. The van der Waals surface area contributed by atoms with Crippen LogP contribution >= 0.6 is 0 Å². The highest BCUT2D eigenvalue weighted by atomic mass is 19.1. The van der Waals surface area contributed by atoms with Crippen LogP contribution in [0.1, 0.15) is 18.1 Å². The molecule has 0 bridgehead atoms. The molecule has 1 aromatic rings. The summed E-state index contributed by atoms with van der Waals surface area (Å²) in [5, 5.41) is 12.7. The molecule has 1 saturated heterocycles. The Morgan fingerprint density at radius 2 is 1.90 bits per heavy atom. The van der Waals surface area contributed by atoms with Crippen LogP contribution in [-0.2, 0) is 10.3 Å². The second-order valence-corrected chi connectivity index (χ2v) is 5.20. The number of carboxylic acid groups (broad SMARTS) is 1. The van der Waals surface area contributed by atoms with E-state index in [0.29, 0.717) is 26.2 Å². The maximum Gasteiger partial charge on any atom is 0.328 e. The number of benzene rings is 1. The van der Waals surface area contributed by atoms with Crippen molar-refractivity contribution in [2.45, 2.75) is 19.4 Å². The summed E-state index contributed by atoms with van der Waals surface area (Å²) in [5.41, 5.74) is -1.53. The van der Waals surface area contributed by atoms with E-state index in [1.807, 2.05) is 0 Å². The van der Waals surface area contributed by atoms with Gasteiger partial charge in [-0.1, -0.05) is 0 Å². The van der Waals surface area contributed by atoms with Crippen molar-refractivity contribution in [2.24, 2.45) is 0 Å². The van der Waals surface area contributed by atoms with Gasteiger partial charge in [0.1, 0.15) is 17.2 Å². The third-order valence-electron chi connectivity index (χ3n) is 3.94. The number of hydrogen-bond donors (Lipinski definition) is 2. The minimum absolute atomic E-state index is 0.130. The Bertz CT molecular complexity index is 530. The summed E-state index contributed by atoms with van der Waals surface area (Å²) >= 11 is 0. The van der Waals surface area contributed by atoms with Crippen molar-refractivity contribution in [3.63, 3.8) is 0 Å². The first-order chi connectivity index (χ1) is 9.37. The van der Waals surface area contributed by atoms with Crippen LogP contribution in [0.5, 0.6) is 0 Å². The quantitative estimate of drug-likeness (QED) is 0.883. The van der Waals surface area contributed by atoms with Crippen molar-refractivity contribution in [3.05, 3.63) is 34.9 Å². The maximum absolute atomic E-state index is 14.2. The van der Waals surface area contributed by atoms with Gasteiger partial charge < -0.3 is 10.4 Å². The third-order valence-corrected chi connectivity index (χ3v) is 3.94. The van der Waals surface area contributed by atoms with E-state index in [1.54, 1.807) is 4.90 Å². The zero-order valence-electron chi connectivity index (χ0n) is 11.5. The number of hydrogen-bond acceptors (Lipinski definition) is 3. The van der Waals surface area contributed by atoms with Crippen molar-refractivity contribution in [2.75, 3.05) is 26.2 Å². The molecule has 0 amide bonds. The van der Waals surface area contributed by atoms with Gasteiger partial charge in [-0.2, -0.15) is 0 Å². The van der Waals surface area contributed by atoms with E-state index < -0.39 is 23.1 Å². The van der Waals surface area contributed by atoms with Gasteiger partial charge in [0, 0.05) is 31.7 Å². The Kier molecular flexibility index (Phi) is 4.06. The normalized spacial score (nSPS) is 19.6. The van der Waals surface area contributed by atoms with E-state index in [1.165, 1.54) is 13.8 Å². The number of carbonyl (C=O) groups is 1. The van der Waals surface area contributed by atoms with Crippen molar-refractivity contribution in [1.29, 1.82) is 0 Å². The summed E-state index contributed by atoms with van der Waals surface area (Å²) in [7, 11) is 0. The van der Waals surface area contributed by atoms with E-state index in [-0.39, 0.29) is 11.1 Å². The summed E-state index contributed by atoms with van der Waals surface area (Å²) in [4.78, 5) is 13.4. The van der Waals surface area contributed by atoms with Crippen molar-refractivity contribution in [1.82, 2.24) is 10.2 Å². The second-order valence-electron chi connectivity index (χ2n) is 5.20. The summed E-state index contributed by atoms with van der Waals surface area (Å²) in [6.45, 7) is 5.06. The van der Waals surface area contributed by atoms with Gasteiger partial charge in [0.25, 0.3) is 0 Å². The fourth-order valence-corrected chi connectivity index (χ4v) is 2.55. The molecule has 6 heteroatoms. The highest BCUT2D eigenvalue weighted by Gasteiger charge is 2.44. The molecule has 0 saturated carbocycles. The number of nitrogens with zero attached hydrogens (tertiary/aromatic N) is 1. The molecule has 1 aliphatic heterocycles. The molecule has 2 rings (SSSR count). The predicted molar refractivity (Wildman–Crippen MR) is 70.5 cm³/mol. The maximum atomic E-state index is 14.2. The number of nitrogens with one attached hydrogen (secondary N) is 1. The van der Waals surface area contributed by atoms with E-state index >= 15 is 0 Å². The van der Waals surface area contributed by atoms with Crippen LogP contribution < -0.4 is 5.32 Å². The zero-order valence-corrected chi connectivity index (χ0v) is 11.5. The molecule has 1 aromatic carbocycles. The fourth-order valence-electron chi connectivity index (χ4n) is 2.55. The number of piperazine rings is 1. The van der Waals surface area contributed by atoms with Gasteiger partial charge in [0.2, 0.25) is 0 Å². The monoisotopic (exact) mass is 284 g/mol. The predicted octanol–water partition coefficient (Wildman–Crippen LogP) is 1.48. The van der Waals surface area contributed by atoms with E-state index in [0.717, 1.165) is 12.1 Å². The Hall–Kier alpha value is -1.53. The highest BCUT2D eigenvalue weighted by molar-refractivity contribution is 5.80. The summed E-state index contributed by atoms with van der Waals surface area (Å²) in [5.74, 6) is -2.46. The molecule has 0 aliphatic carbocycles. The fraction of sp³-hybridized carbons (Fsp3) is 0.500. The standard InChI is InChI=1S/C14H18F2N2O2/c1-9-7-12(16)10(8-11(9)15)14(2,13(19)20)18-5-3-17-4-6-18/h7-8,17H,3-6H2,1-2H3,(H,19,20). The Morgan fingerprint density at radius 1 is 1.30 bits per heavy atom. The number of halogens is 2. The van der Waals surface area contributed by atoms with Crippen LogP contribution in [0.4, 0.5) is 8.78 Å². The van der Waals surface area contributed by atoms with Gasteiger partial charge in [0.15, 0.2) is 0 Å². The van der Waals surface area contributed by atoms with Gasteiger partial charge in [-0.15, -0.1) is 0 Å².